The summed E-state index contributed by atoms with van der Waals surface area (Å²) in [6.45, 7) is 5.99. The lowest BCUT2D eigenvalue weighted by Gasteiger charge is -2.18. The van der Waals surface area contributed by atoms with Crippen LogP contribution >= 0.6 is 0 Å². The molecule has 3 heterocycles. The number of fused-ring (bicyclic) bond motifs is 1. The second kappa shape index (κ2) is 8.81. The van der Waals surface area contributed by atoms with Crippen molar-refractivity contribution in [1.82, 2.24) is 24.7 Å². The highest BCUT2D eigenvalue weighted by molar-refractivity contribution is 5.91. The Morgan fingerprint density at radius 2 is 1.94 bits per heavy atom. The lowest BCUT2D eigenvalue weighted by atomic mass is 10.1. The Bertz CT molecular complexity index is 1320. The van der Waals surface area contributed by atoms with Crippen molar-refractivity contribution in [3.63, 3.8) is 0 Å². The highest BCUT2D eigenvalue weighted by Crippen LogP contribution is 2.29. The fourth-order valence-corrected chi connectivity index (χ4v) is 3.08. The van der Waals surface area contributed by atoms with Crippen LogP contribution < -0.4 is 14.8 Å². The van der Waals surface area contributed by atoms with E-state index in [-0.39, 0.29) is 29.3 Å². The molecule has 33 heavy (non-hydrogen) atoms. The number of ether oxygens (including phenoxy) is 2. The quantitative estimate of drug-likeness (QED) is 0.472. The summed E-state index contributed by atoms with van der Waals surface area (Å²) in [6, 6.07) is 6.44. The van der Waals surface area contributed by atoms with E-state index in [4.69, 9.17) is 9.47 Å². The molecule has 0 radical (unpaired) electrons. The van der Waals surface area contributed by atoms with E-state index >= 15 is 0 Å². The molecular weight excluding hydrogens is 427 g/mol. The van der Waals surface area contributed by atoms with Gasteiger partial charge in [0.15, 0.2) is 5.75 Å². The van der Waals surface area contributed by atoms with Gasteiger partial charge in [-0.2, -0.15) is 5.10 Å². The highest BCUT2D eigenvalue weighted by atomic mass is 19.1. The normalized spacial score (nSPS) is 11.4. The number of nitrogens with one attached hydrogen (secondary N) is 1. The van der Waals surface area contributed by atoms with Crippen molar-refractivity contribution < 1.29 is 18.7 Å². The lowest BCUT2D eigenvalue weighted by Crippen LogP contribution is -2.22. The van der Waals surface area contributed by atoms with Gasteiger partial charge >= 0.3 is 0 Å². The number of anilines is 1. The lowest BCUT2D eigenvalue weighted by molar-refractivity contribution is -0.115. The molecular formula is C23H23FN6O3. The van der Waals surface area contributed by atoms with Gasteiger partial charge in [0, 0.05) is 12.3 Å². The molecule has 10 heteroatoms. The molecule has 0 aliphatic heterocycles. The fourth-order valence-electron chi connectivity index (χ4n) is 3.08. The van der Waals surface area contributed by atoms with Crippen molar-refractivity contribution in [2.45, 2.75) is 32.7 Å². The standard InChI is InChI=1S/C23H23FN6O3/c1-23(2,3)30-12-14(10-28-30)29-21(31)9-20-18(24)8-16(11-25-20)33-22-17-7-15(32-4)5-6-19(17)26-13-27-22/h5-8,10-13H,9H2,1-4H3,(H,29,31). The summed E-state index contributed by atoms with van der Waals surface area (Å²) in [5.74, 6) is -0.0744. The predicted octanol–water partition coefficient (Wildman–Crippen LogP) is 4.10. The Morgan fingerprint density at radius 3 is 2.64 bits per heavy atom. The number of methoxy groups -OCH3 is 1. The number of aromatic nitrogens is 5. The van der Waals surface area contributed by atoms with Crippen LogP contribution in [0, 0.1) is 5.82 Å². The molecule has 1 aromatic carbocycles. The Labute approximate surface area is 189 Å². The Balaban J connectivity index is 1.47. The van der Waals surface area contributed by atoms with Crippen LogP contribution in [0.5, 0.6) is 17.4 Å². The van der Waals surface area contributed by atoms with Gasteiger partial charge < -0.3 is 14.8 Å². The predicted molar refractivity (Wildman–Crippen MR) is 120 cm³/mol. The van der Waals surface area contributed by atoms with E-state index in [1.807, 2.05) is 20.8 Å². The molecule has 4 aromatic rings. The van der Waals surface area contributed by atoms with Crippen LogP contribution in [0.25, 0.3) is 10.9 Å². The molecule has 1 N–H and O–H groups in total. The van der Waals surface area contributed by atoms with Crippen LogP contribution in [-0.4, -0.2) is 37.7 Å². The van der Waals surface area contributed by atoms with Gasteiger partial charge in [-0.25, -0.2) is 14.4 Å². The number of carbonyl (C=O) groups excluding carboxylic acids is 1. The Kier molecular flexibility index (Phi) is 5.91. The van der Waals surface area contributed by atoms with E-state index in [0.717, 1.165) is 0 Å². The topological polar surface area (TPSA) is 104 Å². The van der Waals surface area contributed by atoms with Crippen molar-refractivity contribution in [2.24, 2.45) is 0 Å². The maximum atomic E-state index is 14.7. The number of amides is 1. The van der Waals surface area contributed by atoms with Crippen molar-refractivity contribution in [2.75, 3.05) is 12.4 Å². The fraction of sp³-hybridized carbons (Fsp3) is 0.261. The molecule has 0 spiro atoms. The van der Waals surface area contributed by atoms with Crippen LogP contribution in [0.2, 0.25) is 0 Å². The Morgan fingerprint density at radius 1 is 1.12 bits per heavy atom. The number of rotatable bonds is 6. The summed E-state index contributed by atoms with van der Waals surface area (Å²) in [5, 5.41) is 7.54. The monoisotopic (exact) mass is 450 g/mol. The third-order valence-corrected chi connectivity index (χ3v) is 4.79. The number of halogens is 1. The maximum Gasteiger partial charge on any atom is 0.230 e. The molecule has 9 nitrogen and oxygen atoms in total. The number of hydrogen-bond acceptors (Lipinski definition) is 7. The molecule has 1 amide bonds. The number of benzene rings is 1. The second-order valence-corrected chi connectivity index (χ2v) is 8.33. The van der Waals surface area contributed by atoms with Gasteiger partial charge in [0.25, 0.3) is 0 Å². The molecule has 0 saturated heterocycles. The molecule has 0 atom stereocenters. The summed E-state index contributed by atoms with van der Waals surface area (Å²) in [5.41, 5.74) is 0.961. The molecule has 0 bridgehead atoms. The minimum Gasteiger partial charge on any atom is -0.497 e. The van der Waals surface area contributed by atoms with Crippen molar-refractivity contribution in [3.05, 3.63) is 60.7 Å². The van der Waals surface area contributed by atoms with Crippen molar-refractivity contribution in [3.8, 4) is 17.4 Å². The minimum atomic E-state index is -0.663. The molecule has 4 rings (SSSR count). The first-order chi connectivity index (χ1) is 15.7. The molecule has 3 aromatic heterocycles. The van der Waals surface area contributed by atoms with Crippen LogP contribution in [-0.2, 0) is 16.8 Å². The maximum absolute atomic E-state index is 14.7. The number of hydrogen-bond donors (Lipinski definition) is 1. The van der Waals surface area contributed by atoms with E-state index in [9.17, 15) is 9.18 Å². The first-order valence-corrected chi connectivity index (χ1v) is 10.2. The summed E-state index contributed by atoms with van der Waals surface area (Å²) in [4.78, 5) is 24.7. The second-order valence-electron chi connectivity index (χ2n) is 8.33. The zero-order chi connectivity index (χ0) is 23.6. The van der Waals surface area contributed by atoms with Gasteiger partial charge in [0.05, 0.1) is 53.7 Å². The smallest absolute Gasteiger partial charge is 0.230 e. The Hall–Kier alpha value is -4.08. The van der Waals surface area contributed by atoms with Gasteiger partial charge in [0.1, 0.15) is 17.9 Å². The average molecular weight is 450 g/mol. The van der Waals surface area contributed by atoms with E-state index in [2.05, 4.69) is 25.4 Å². The van der Waals surface area contributed by atoms with Crippen LogP contribution in [0.15, 0.2) is 49.2 Å². The molecule has 0 unspecified atom stereocenters. The van der Waals surface area contributed by atoms with E-state index < -0.39 is 11.7 Å². The summed E-state index contributed by atoms with van der Waals surface area (Å²) < 4.78 is 27.4. The zero-order valence-corrected chi connectivity index (χ0v) is 18.7. The minimum absolute atomic E-state index is 0.00252. The van der Waals surface area contributed by atoms with Crippen molar-refractivity contribution >= 4 is 22.5 Å². The van der Waals surface area contributed by atoms with Gasteiger partial charge in [-0.3, -0.25) is 14.5 Å². The molecule has 0 aliphatic carbocycles. The third kappa shape index (κ3) is 5.05. The SMILES string of the molecule is COc1ccc2ncnc(Oc3cnc(CC(=O)Nc4cnn(C(C)(C)C)c4)c(F)c3)c2c1. The molecule has 0 saturated carbocycles. The molecule has 0 fully saturated rings. The van der Waals surface area contributed by atoms with E-state index in [1.54, 1.807) is 42.4 Å². The van der Waals surface area contributed by atoms with E-state index in [0.29, 0.717) is 22.3 Å². The van der Waals surface area contributed by atoms with Gasteiger partial charge in [-0.05, 0) is 39.0 Å². The van der Waals surface area contributed by atoms with Crippen LogP contribution in [0.4, 0.5) is 10.1 Å². The largest absolute Gasteiger partial charge is 0.497 e. The van der Waals surface area contributed by atoms with Crippen molar-refractivity contribution in [1.29, 1.82) is 0 Å². The first kappa shape index (κ1) is 22.1. The summed E-state index contributed by atoms with van der Waals surface area (Å²) in [6.07, 6.45) is 5.73. The number of pyridine rings is 1. The summed E-state index contributed by atoms with van der Waals surface area (Å²) >= 11 is 0. The van der Waals surface area contributed by atoms with Gasteiger partial charge in [-0.1, -0.05) is 0 Å². The number of nitrogens with zero attached hydrogens (tertiary/aromatic N) is 5. The average Bonchev–Trinajstić information content (AvgIpc) is 3.24. The zero-order valence-electron chi connectivity index (χ0n) is 18.7. The van der Waals surface area contributed by atoms with Gasteiger partial charge in [-0.15, -0.1) is 0 Å². The molecule has 170 valence electrons. The van der Waals surface area contributed by atoms with Gasteiger partial charge in [0.2, 0.25) is 11.8 Å². The van der Waals surface area contributed by atoms with E-state index in [1.165, 1.54) is 18.6 Å². The first-order valence-electron chi connectivity index (χ1n) is 10.2. The van der Waals surface area contributed by atoms with Crippen LogP contribution in [0.1, 0.15) is 26.5 Å². The third-order valence-electron chi connectivity index (χ3n) is 4.79. The highest BCUT2D eigenvalue weighted by Gasteiger charge is 2.17. The number of carbonyl (C=O) groups is 1. The summed E-state index contributed by atoms with van der Waals surface area (Å²) in [7, 11) is 1.55. The van der Waals surface area contributed by atoms with Crippen LogP contribution in [0.3, 0.4) is 0 Å². The molecule has 0 aliphatic rings.